The van der Waals surface area contributed by atoms with Gasteiger partial charge in [0, 0.05) is 17.7 Å². The van der Waals surface area contributed by atoms with Gasteiger partial charge in [-0.15, -0.1) is 0 Å². The molecule has 4 heteroatoms. The summed E-state index contributed by atoms with van der Waals surface area (Å²) in [6, 6.07) is 5.30. The third-order valence-corrected chi connectivity index (χ3v) is 4.77. The Bertz CT molecular complexity index is 514. The third kappa shape index (κ3) is 4.01. The molecule has 21 heavy (non-hydrogen) atoms. The van der Waals surface area contributed by atoms with E-state index in [0.29, 0.717) is 23.1 Å². The van der Waals surface area contributed by atoms with Gasteiger partial charge in [0.25, 0.3) is 0 Å². The molecule has 116 valence electrons. The van der Waals surface area contributed by atoms with Gasteiger partial charge >= 0.3 is 0 Å². The topological polar surface area (TPSA) is 29.3 Å². The minimum atomic E-state index is -0.261. The highest BCUT2D eigenvalue weighted by Gasteiger charge is 2.29. The first kappa shape index (κ1) is 16.4. The van der Waals surface area contributed by atoms with Gasteiger partial charge in [-0.3, -0.25) is 4.90 Å². The molecule has 1 aromatic carbocycles. The molecule has 2 N–H and O–H groups in total. The van der Waals surface area contributed by atoms with E-state index in [4.69, 9.17) is 18.0 Å². The van der Waals surface area contributed by atoms with Gasteiger partial charge in [0.05, 0.1) is 0 Å². The summed E-state index contributed by atoms with van der Waals surface area (Å²) in [5, 5.41) is 0. The molecule has 2 rings (SSSR count). The molecule has 0 bridgehead atoms. The number of likely N-dealkylation sites (tertiary alicyclic amines) is 1. The van der Waals surface area contributed by atoms with Gasteiger partial charge in [-0.25, -0.2) is 4.39 Å². The highest BCUT2D eigenvalue weighted by molar-refractivity contribution is 7.80. The van der Waals surface area contributed by atoms with Crippen LogP contribution in [0.2, 0.25) is 0 Å². The van der Waals surface area contributed by atoms with Crippen molar-refractivity contribution in [3.8, 4) is 0 Å². The summed E-state index contributed by atoms with van der Waals surface area (Å²) in [5.41, 5.74) is 6.97. The molecule has 0 unspecified atom stereocenters. The minimum Gasteiger partial charge on any atom is -0.389 e. The molecule has 1 aliphatic heterocycles. The SMILES string of the molecule is CC(C)(C)C1CCN(Cc2cccc(C(N)=S)c2F)CC1. The number of hydrogen-bond acceptors (Lipinski definition) is 2. The zero-order chi connectivity index (χ0) is 15.6. The summed E-state index contributed by atoms with van der Waals surface area (Å²) >= 11 is 4.89. The fraction of sp³-hybridized carbons (Fsp3) is 0.588. The highest BCUT2D eigenvalue weighted by Crippen LogP contribution is 2.34. The van der Waals surface area contributed by atoms with E-state index in [1.165, 1.54) is 12.8 Å². The van der Waals surface area contributed by atoms with E-state index in [1.54, 1.807) is 6.07 Å². The second kappa shape index (κ2) is 6.41. The van der Waals surface area contributed by atoms with Gasteiger partial charge in [-0.05, 0) is 43.3 Å². The van der Waals surface area contributed by atoms with Crippen molar-refractivity contribution in [1.82, 2.24) is 4.90 Å². The lowest BCUT2D eigenvalue weighted by Crippen LogP contribution is -2.37. The van der Waals surface area contributed by atoms with Crippen molar-refractivity contribution in [2.45, 2.75) is 40.2 Å². The molecule has 0 saturated carbocycles. The number of hydrogen-bond donors (Lipinski definition) is 1. The maximum atomic E-state index is 14.4. The smallest absolute Gasteiger partial charge is 0.137 e. The second-order valence-electron chi connectivity index (χ2n) is 7.06. The number of thiocarbonyl (C=S) groups is 1. The first-order chi connectivity index (χ1) is 9.79. The van der Waals surface area contributed by atoms with Crippen LogP contribution in [-0.4, -0.2) is 23.0 Å². The molecule has 0 aliphatic carbocycles. The zero-order valence-electron chi connectivity index (χ0n) is 13.2. The average Bonchev–Trinajstić information content (AvgIpc) is 2.40. The van der Waals surface area contributed by atoms with Crippen LogP contribution in [0.1, 0.15) is 44.7 Å². The summed E-state index contributed by atoms with van der Waals surface area (Å²) < 4.78 is 14.4. The van der Waals surface area contributed by atoms with Gasteiger partial charge in [0.1, 0.15) is 10.8 Å². The Labute approximate surface area is 132 Å². The minimum absolute atomic E-state index is 0.126. The first-order valence-electron chi connectivity index (χ1n) is 7.58. The van der Waals surface area contributed by atoms with Crippen molar-refractivity contribution < 1.29 is 4.39 Å². The van der Waals surface area contributed by atoms with E-state index in [1.807, 2.05) is 12.1 Å². The predicted molar refractivity (Wildman–Crippen MR) is 89.7 cm³/mol. The molecule has 2 nitrogen and oxygen atoms in total. The summed E-state index contributed by atoms with van der Waals surface area (Å²) in [6.07, 6.45) is 2.36. The Balaban J connectivity index is 2.01. The summed E-state index contributed by atoms with van der Waals surface area (Å²) in [6.45, 7) is 9.60. The number of rotatable bonds is 3. The number of nitrogens with zero attached hydrogens (tertiary/aromatic N) is 1. The van der Waals surface area contributed by atoms with Crippen molar-refractivity contribution in [3.05, 3.63) is 35.1 Å². The Hall–Kier alpha value is -1.00. The van der Waals surface area contributed by atoms with E-state index >= 15 is 0 Å². The lowest BCUT2D eigenvalue weighted by atomic mass is 9.75. The molecule has 1 fully saturated rings. The largest absolute Gasteiger partial charge is 0.389 e. The van der Waals surface area contributed by atoms with Crippen LogP contribution in [0.15, 0.2) is 18.2 Å². The van der Waals surface area contributed by atoms with Crippen molar-refractivity contribution in [1.29, 1.82) is 0 Å². The normalized spacial score (nSPS) is 17.9. The lowest BCUT2D eigenvalue weighted by molar-refractivity contribution is 0.107. The molecule has 0 amide bonds. The van der Waals surface area contributed by atoms with Crippen molar-refractivity contribution in [2.24, 2.45) is 17.1 Å². The van der Waals surface area contributed by atoms with Crippen LogP contribution in [0.4, 0.5) is 4.39 Å². The van der Waals surface area contributed by atoms with Crippen LogP contribution in [0.5, 0.6) is 0 Å². The van der Waals surface area contributed by atoms with Crippen molar-refractivity contribution >= 4 is 17.2 Å². The fourth-order valence-corrected chi connectivity index (χ4v) is 3.25. The maximum Gasteiger partial charge on any atom is 0.137 e. The van der Waals surface area contributed by atoms with E-state index in [9.17, 15) is 4.39 Å². The molecular formula is C17H25FN2S. The second-order valence-corrected chi connectivity index (χ2v) is 7.50. The summed E-state index contributed by atoms with van der Waals surface area (Å²) in [4.78, 5) is 2.45. The van der Waals surface area contributed by atoms with Crippen LogP contribution in [0.3, 0.4) is 0 Å². The number of halogens is 1. The standard InChI is InChI=1S/C17H25FN2S/c1-17(2,3)13-7-9-20(10-8-13)11-12-5-4-6-14(15(12)18)16(19)21/h4-6,13H,7-11H2,1-3H3,(H2,19,21). The quantitative estimate of drug-likeness (QED) is 0.863. The van der Waals surface area contributed by atoms with E-state index in [0.717, 1.165) is 19.0 Å². The van der Waals surface area contributed by atoms with Crippen LogP contribution < -0.4 is 5.73 Å². The van der Waals surface area contributed by atoms with Crippen LogP contribution in [-0.2, 0) is 6.54 Å². The summed E-state index contributed by atoms with van der Waals surface area (Å²) in [7, 11) is 0. The van der Waals surface area contributed by atoms with Gasteiger partial charge in [0.15, 0.2) is 0 Å². The van der Waals surface area contributed by atoms with Gasteiger partial charge in [0.2, 0.25) is 0 Å². The van der Waals surface area contributed by atoms with Crippen LogP contribution in [0, 0.1) is 17.2 Å². The van der Waals surface area contributed by atoms with Gasteiger partial charge in [-0.2, -0.15) is 0 Å². The Morgan fingerprint density at radius 2 is 1.95 bits per heavy atom. The Kier molecular flexibility index (Phi) is 4.99. The molecule has 0 spiro atoms. The van der Waals surface area contributed by atoms with Crippen LogP contribution in [0.25, 0.3) is 0 Å². The summed E-state index contributed by atoms with van der Waals surface area (Å²) in [5.74, 6) is 0.490. The fourth-order valence-electron chi connectivity index (χ4n) is 3.09. The van der Waals surface area contributed by atoms with Crippen molar-refractivity contribution in [3.63, 3.8) is 0 Å². The molecular weight excluding hydrogens is 283 g/mol. The Morgan fingerprint density at radius 3 is 2.48 bits per heavy atom. The maximum absolute atomic E-state index is 14.4. The number of piperidine rings is 1. The average molecular weight is 308 g/mol. The van der Waals surface area contributed by atoms with Crippen molar-refractivity contribution in [2.75, 3.05) is 13.1 Å². The molecule has 0 radical (unpaired) electrons. The third-order valence-electron chi connectivity index (χ3n) is 4.55. The van der Waals surface area contributed by atoms with Gasteiger partial charge < -0.3 is 5.73 Å². The van der Waals surface area contributed by atoms with E-state index < -0.39 is 0 Å². The highest BCUT2D eigenvalue weighted by atomic mass is 32.1. The molecule has 0 atom stereocenters. The first-order valence-corrected chi connectivity index (χ1v) is 7.99. The lowest BCUT2D eigenvalue weighted by Gasteiger charge is -2.38. The monoisotopic (exact) mass is 308 g/mol. The van der Waals surface area contributed by atoms with E-state index in [2.05, 4.69) is 25.7 Å². The zero-order valence-corrected chi connectivity index (χ0v) is 14.0. The van der Waals surface area contributed by atoms with Gasteiger partial charge in [-0.1, -0.05) is 45.1 Å². The Morgan fingerprint density at radius 1 is 1.33 bits per heavy atom. The molecule has 1 saturated heterocycles. The van der Waals surface area contributed by atoms with E-state index in [-0.39, 0.29) is 10.8 Å². The molecule has 1 aromatic rings. The molecule has 1 heterocycles. The molecule has 0 aromatic heterocycles. The number of nitrogens with two attached hydrogens (primary N) is 1. The predicted octanol–water partition coefficient (Wildman–Crippen LogP) is 3.72. The van der Waals surface area contributed by atoms with Crippen LogP contribution >= 0.6 is 12.2 Å². The molecule has 1 aliphatic rings. The number of benzene rings is 1.